The number of carbonyl (C=O) groups is 1. The van der Waals surface area contributed by atoms with Crippen molar-refractivity contribution < 1.29 is 13.6 Å². The van der Waals surface area contributed by atoms with Gasteiger partial charge in [-0.15, -0.1) is 0 Å². The second-order valence-corrected chi connectivity index (χ2v) is 9.39. The number of hydrogen-bond donors (Lipinski definition) is 3. The van der Waals surface area contributed by atoms with E-state index in [9.17, 15) is 13.6 Å². The van der Waals surface area contributed by atoms with E-state index in [-0.39, 0.29) is 23.9 Å². The van der Waals surface area contributed by atoms with Crippen molar-refractivity contribution in [2.75, 3.05) is 18.4 Å². The number of halogens is 3. The molecule has 34 heavy (non-hydrogen) atoms. The Bertz CT molecular complexity index is 1180. The van der Waals surface area contributed by atoms with E-state index in [4.69, 9.17) is 11.6 Å². The Labute approximate surface area is 200 Å². The predicted octanol–water partition coefficient (Wildman–Crippen LogP) is 4.68. The maximum atomic E-state index is 14.6. The fourth-order valence-electron chi connectivity index (χ4n) is 4.72. The lowest BCUT2D eigenvalue weighted by atomic mass is 9.91. The number of likely N-dealkylation sites (tertiary alicyclic amines) is 1. The number of rotatable bonds is 4. The number of pyridine rings is 1. The lowest BCUT2D eigenvalue weighted by molar-refractivity contribution is 0.148. The molecule has 2 fully saturated rings. The first-order valence-corrected chi connectivity index (χ1v) is 12.0. The third-order valence-electron chi connectivity index (χ3n) is 6.54. The number of piperidine rings is 1. The van der Waals surface area contributed by atoms with Gasteiger partial charge < -0.3 is 20.5 Å². The molecule has 1 aliphatic carbocycles. The number of nitrogens with zero attached hydrogens (tertiary/aromatic N) is 4. The molecule has 2 amide bonds. The lowest BCUT2D eigenvalue weighted by Gasteiger charge is -2.34. The van der Waals surface area contributed by atoms with Crippen molar-refractivity contribution in [1.29, 1.82) is 0 Å². The molecule has 1 aliphatic heterocycles. The van der Waals surface area contributed by atoms with Gasteiger partial charge in [0.05, 0.1) is 11.2 Å². The number of fused-ring (bicyclic) bond motifs is 1. The molecule has 0 bridgehead atoms. The normalized spacial score (nSPS) is 21.6. The van der Waals surface area contributed by atoms with Crippen LogP contribution in [0.15, 0.2) is 24.7 Å². The van der Waals surface area contributed by atoms with Gasteiger partial charge in [0.1, 0.15) is 11.8 Å². The van der Waals surface area contributed by atoms with Crippen LogP contribution in [0.2, 0.25) is 5.02 Å². The summed E-state index contributed by atoms with van der Waals surface area (Å²) in [7, 11) is 0. The van der Waals surface area contributed by atoms with Crippen LogP contribution in [-0.4, -0.2) is 62.2 Å². The Morgan fingerprint density at radius 2 is 1.94 bits per heavy atom. The Balaban J connectivity index is 1.26. The Hall–Kier alpha value is -3.01. The van der Waals surface area contributed by atoms with E-state index in [1.54, 1.807) is 23.4 Å². The first-order chi connectivity index (χ1) is 16.5. The minimum Gasteiger partial charge on any atom is -0.365 e. The fourth-order valence-corrected chi connectivity index (χ4v) is 4.88. The van der Waals surface area contributed by atoms with Gasteiger partial charge in [-0.3, -0.25) is 0 Å². The lowest BCUT2D eigenvalue weighted by Crippen LogP contribution is -2.50. The van der Waals surface area contributed by atoms with Crippen molar-refractivity contribution in [3.63, 3.8) is 0 Å². The predicted molar refractivity (Wildman–Crippen MR) is 126 cm³/mol. The van der Waals surface area contributed by atoms with Crippen LogP contribution in [0.1, 0.15) is 38.5 Å². The molecule has 0 unspecified atom stereocenters. The molecule has 3 aromatic heterocycles. The number of aromatic amines is 1. The Kier molecular flexibility index (Phi) is 6.49. The van der Waals surface area contributed by atoms with Gasteiger partial charge in [-0.1, -0.05) is 11.6 Å². The van der Waals surface area contributed by atoms with E-state index in [0.717, 1.165) is 30.8 Å². The van der Waals surface area contributed by atoms with E-state index in [0.29, 0.717) is 54.4 Å². The van der Waals surface area contributed by atoms with Crippen LogP contribution in [0, 0.1) is 5.82 Å². The number of H-pyrrole nitrogens is 1. The molecule has 8 nitrogen and oxygen atoms in total. The number of aromatic nitrogens is 4. The van der Waals surface area contributed by atoms with E-state index < -0.39 is 12.0 Å². The first kappa shape index (κ1) is 22.8. The summed E-state index contributed by atoms with van der Waals surface area (Å²) in [5.41, 5.74) is 1.32. The highest BCUT2D eigenvalue weighted by atomic mass is 35.5. The summed E-state index contributed by atoms with van der Waals surface area (Å²) in [4.78, 5) is 30.1. The van der Waals surface area contributed by atoms with Gasteiger partial charge in [0.15, 0.2) is 17.5 Å². The smallest absolute Gasteiger partial charge is 0.317 e. The second kappa shape index (κ2) is 9.69. The number of nitrogens with one attached hydrogen (secondary N) is 3. The highest BCUT2D eigenvalue weighted by Gasteiger charge is 2.28. The van der Waals surface area contributed by atoms with E-state index in [1.807, 2.05) is 0 Å². The summed E-state index contributed by atoms with van der Waals surface area (Å²) in [5, 5.41) is 7.51. The van der Waals surface area contributed by atoms with Gasteiger partial charge in [-0.25, -0.2) is 28.5 Å². The number of anilines is 1. The number of urea groups is 1. The largest absolute Gasteiger partial charge is 0.365 e. The third kappa shape index (κ3) is 4.91. The van der Waals surface area contributed by atoms with Gasteiger partial charge >= 0.3 is 6.03 Å². The van der Waals surface area contributed by atoms with Crippen LogP contribution in [-0.2, 0) is 0 Å². The summed E-state index contributed by atoms with van der Waals surface area (Å²) in [6.07, 6.45) is 7.60. The third-order valence-corrected chi connectivity index (χ3v) is 6.74. The molecule has 2 aliphatic rings. The minimum atomic E-state index is -0.822. The van der Waals surface area contributed by atoms with E-state index in [1.165, 1.54) is 0 Å². The van der Waals surface area contributed by atoms with Gasteiger partial charge in [-0.2, -0.15) is 0 Å². The van der Waals surface area contributed by atoms with Gasteiger partial charge in [0.25, 0.3) is 0 Å². The zero-order valence-electron chi connectivity index (χ0n) is 18.5. The number of alkyl halides is 1. The minimum absolute atomic E-state index is 0.0342. The maximum absolute atomic E-state index is 14.6. The van der Waals surface area contributed by atoms with Crippen molar-refractivity contribution >= 4 is 34.5 Å². The average molecular weight is 490 g/mol. The second-order valence-electron chi connectivity index (χ2n) is 8.96. The monoisotopic (exact) mass is 489 g/mol. The number of carbonyl (C=O) groups excluding carboxylic acids is 1. The summed E-state index contributed by atoms with van der Waals surface area (Å²) in [6, 6.07) is 1.53. The highest BCUT2D eigenvalue weighted by Crippen LogP contribution is 2.29. The molecular formula is C23H26ClF2N7O. The molecule has 180 valence electrons. The van der Waals surface area contributed by atoms with Crippen molar-refractivity contribution in [1.82, 2.24) is 30.2 Å². The summed E-state index contributed by atoms with van der Waals surface area (Å²) < 4.78 is 28.0. The molecule has 1 saturated carbocycles. The molecule has 5 rings (SSSR count). The topological polar surface area (TPSA) is 98.8 Å². The van der Waals surface area contributed by atoms with Crippen LogP contribution in [0.25, 0.3) is 22.4 Å². The molecule has 0 aromatic carbocycles. The van der Waals surface area contributed by atoms with Gasteiger partial charge in [0.2, 0.25) is 0 Å². The quantitative estimate of drug-likeness (QED) is 0.494. The molecule has 2 atom stereocenters. The van der Waals surface area contributed by atoms with Crippen molar-refractivity contribution in [2.45, 2.75) is 56.8 Å². The number of amides is 2. The standard InChI is InChI=1S/C23H26ClF2N7O/c24-13-8-17-18(11-28-20(17)27-10-13)21-29-12-19(26)22(32-21)30-15-2-1-3-16(9-15)31-23(34)33-6-4-14(25)5-7-33/h8,10-12,14-16H,1-7,9H2,(H,27,28)(H,31,34)(H,29,30,32)/t15-,16+/m0/s1. The molecule has 11 heteroatoms. The molecule has 3 N–H and O–H groups in total. The SMILES string of the molecule is O=C(N[C@@H]1CCC[C@H](Nc2nc(-c3c[nH]c4ncc(Cl)cc34)ncc2F)C1)N1CCC(F)CC1. The molecular weight excluding hydrogens is 464 g/mol. The molecule has 1 saturated heterocycles. The average Bonchev–Trinajstić information content (AvgIpc) is 3.24. The van der Waals surface area contributed by atoms with Crippen LogP contribution >= 0.6 is 11.6 Å². The highest BCUT2D eigenvalue weighted by molar-refractivity contribution is 6.31. The van der Waals surface area contributed by atoms with Gasteiger partial charge in [0, 0.05) is 48.5 Å². The Morgan fingerprint density at radius 3 is 2.76 bits per heavy atom. The zero-order chi connectivity index (χ0) is 23.7. The van der Waals surface area contributed by atoms with Crippen molar-refractivity contribution in [3.8, 4) is 11.4 Å². The van der Waals surface area contributed by atoms with Crippen LogP contribution in [0.3, 0.4) is 0 Å². The molecule has 0 radical (unpaired) electrons. The molecule has 3 aromatic rings. The zero-order valence-corrected chi connectivity index (χ0v) is 19.3. The van der Waals surface area contributed by atoms with E-state index in [2.05, 4.69) is 30.6 Å². The fraction of sp³-hybridized carbons (Fsp3) is 0.478. The Morgan fingerprint density at radius 1 is 1.15 bits per heavy atom. The van der Waals surface area contributed by atoms with Gasteiger partial charge in [-0.05, 0) is 44.6 Å². The summed E-state index contributed by atoms with van der Waals surface area (Å²) in [6.45, 7) is 0.871. The molecule has 4 heterocycles. The van der Waals surface area contributed by atoms with E-state index >= 15 is 0 Å². The molecule has 0 spiro atoms. The first-order valence-electron chi connectivity index (χ1n) is 11.6. The van der Waals surface area contributed by atoms with Crippen LogP contribution < -0.4 is 10.6 Å². The van der Waals surface area contributed by atoms with Crippen LogP contribution in [0.5, 0.6) is 0 Å². The summed E-state index contributed by atoms with van der Waals surface area (Å²) in [5.74, 6) is -0.0625. The van der Waals surface area contributed by atoms with Crippen LogP contribution in [0.4, 0.5) is 19.4 Å². The maximum Gasteiger partial charge on any atom is 0.317 e. The van der Waals surface area contributed by atoms with Crippen molar-refractivity contribution in [3.05, 3.63) is 35.5 Å². The summed E-state index contributed by atoms with van der Waals surface area (Å²) >= 11 is 6.09. The van der Waals surface area contributed by atoms with Crippen molar-refractivity contribution in [2.24, 2.45) is 0 Å². The number of hydrogen-bond acceptors (Lipinski definition) is 5.